The third-order valence-corrected chi connectivity index (χ3v) is 6.92. The molecule has 2 aromatic rings. The third kappa shape index (κ3) is 3.83. The molecule has 1 N–H and O–H groups in total. The molecule has 3 heterocycles. The van der Waals surface area contributed by atoms with Crippen molar-refractivity contribution in [3.63, 3.8) is 0 Å². The molecule has 0 saturated heterocycles. The van der Waals surface area contributed by atoms with Crippen molar-refractivity contribution in [1.29, 1.82) is 0 Å². The Kier molecular flexibility index (Phi) is 5.20. The molecule has 8 nitrogen and oxygen atoms in total. The molecule has 2 aliphatic heterocycles. The van der Waals surface area contributed by atoms with Crippen molar-refractivity contribution in [2.24, 2.45) is 7.05 Å². The molecule has 34 heavy (non-hydrogen) atoms. The molecular weight excluding hydrogens is 461 g/mol. The molecule has 1 atom stereocenters. The number of hydrogen-bond donors (Lipinski definition) is 1. The van der Waals surface area contributed by atoms with Crippen LogP contribution in [0.25, 0.3) is 11.3 Å². The number of carbonyl (C=O) groups is 1. The molecule has 5 rings (SSSR count). The second kappa shape index (κ2) is 7.98. The van der Waals surface area contributed by atoms with Gasteiger partial charge in [-0.25, -0.2) is 17.6 Å². The van der Waals surface area contributed by atoms with E-state index in [9.17, 15) is 22.4 Å². The Labute approximate surface area is 195 Å². The minimum absolute atomic E-state index is 0.201. The number of fused-ring (bicyclic) bond motifs is 2. The van der Waals surface area contributed by atoms with Gasteiger partial charge in [0.15, 0.2) is 9.84 Å². The average Bonchev–Trinajstić information content (AvgIpc) is 3.08. The van der Waals surface area contributed by atoms with Crippen molar-refractivity contribution in [2.75, 3.05) is 18.6 Å². The van der Waals surface area contributed by atoms with Gasteiger partial charge in [0, 0.05) is 37.8 Å². The SMILES string of the molecule is Cn1ccc2c(c1=O)C1=C3C(=CN(C(=O)Oc4ccc(F)cc4)C3CCN1)C=C2CS(C)(=O)=O. The maximum absolute atomic E-state index is 13.2. The number of nitrogens with one attached hydrogen (secondary N) is 1. The predicted octanol–water partition coefficient (Wildman–Crippen LogP) is 2.44. The number of sulfone groups is 1. The normalized spacial score (nSPS) is 18.9. The molecule has 0 radical (unpaired) electrons. The van der Waals surface area contributed by atoms with E-state index in [1.54, 1.807) is 31.6 Å². The Morgan fingerprint density at radius 1 is 1.24 bits per heavy atom. The van der Waals surface area contributed by atoms with Crippen molar-refractivity contribution >= 4 is 27.2 Å². The van der Waals surface area contributed by atoms with Gasteiger partial charge in [0.1, 0.15) is 11.6 Å². The Morgan fingerprint density at radius 2 is 1.97 bits per heavy atom. The highest BCUT2D eigenvalue weighted by molar-refractivity contribution is 7.91. The van der Waals surface area contributed by atoms with E-state index in [-0.39, 0.29) is 17.1 Å². The molecular formula is C24H22FN3O5S. The number of benzene rings is 1. The fraction of sp³-hybridized carbons (Fsp3) is 0.250. The van der Waals surface area contributed by atoms with Crippen molar-refractivity contribution in [1.82, 2.24) is 14.8 Å². The fourth-order valence-corrected chi connectivity index (χ4v) is 5.45. The summed E-state index contributed by atoms with van der Waals surface area (Å²) in [6, 6.07) is 6.48. The lowest BCUT2D eigenvalue weighted by Crippen LogP contribution is -2.42. The second-order valence-electron chi connectivity index (χ2n) is 8.59. The van der Waals surface area contributed by atoms with Gasteiger partial charge >= 0.3 is 6.09 Å². The van der Waals surface area contributed by atoms with Crippen molar-refractivity contribution in [3.05, 3.63) is 87.2 Å². The molecule has 10 heteroatoms. The van der Waals surface area contributed by atoms with E-state index in [2.05, 4.69) is 5.32 Å². The first kappa shape index (κ1) is 22.1. The highest BCUT2D eigenvalue weighted by atomic mass is 32.2. The number of allylic oxidation sites excluding steroid dienone is 1. The van der Waals surface area contributed by atoms with Crippen LogP contribution >= 0.6 is 0 Å². The average molecular weight is 484 g/mol. The van der Waals surface area contributed by atoms with Gasteiger partial charge in [-0.1, -0.05) is 0 Å². The fourth-order valence-electron chi connectivity index (χ4n) is 4.64. The van der Waals surface area contributed by atoms with E-state index in [0.29, 0.717) is 40.9 Å². The van der Waals surface area contributed by atoms with Crippen molar-refractivity contribution in [2.45, 2.75) is 12.5 Å². The molecule has 1 aliphatic carbocycles. The summed E-state index contributed by atoms with van der Waals surface area (Å²) in [5, 5.41) is 3.31. The standard InChI is InChI=1S/C24H22FN3O5S/c1-27-10-8-18-15(13-34(2,31)32)11-14-12-28(24(30)33-17-5-3-16(25)4-6-17)19-7-9-26-22(20(14)19)21(18)23(27)29/h3-6,8,10-12,19,26H,7,9,13H2,1-2H3. The first-order valence-corrected chi connectivity index (χ1v) is 12.7. The van der Waals surface area contributed by atoms with Gasteiger partial charge in [0.2, 0.25) is 0 Å². The lowest BCUT2D eigenvalue weighted by atomic mass is 9.92. The first-order valence-electron chi connectivity index (χ1n) is 10.7. The lowest BCUT2D eigenvalue weighted by molar-refractivity contribution is 0.161. The molecule has 1 aromatic carbocycles. The number of ether oxygens (including phenoxy) is 1. The summed E-state index contributed by atoms with van der Waals surface area (Å²) in [4.78, 5) is 27.7. The molecule has 1 aromatic heterocycles. The maximum Gasteiger partial charge on any atom is 0.419 e. The number of aryl methyl sites for hydroxylation is 1. The summed E-state index contributed by atoms with van der Waals surface area (Å²) >= 11 is 0. The molecule has 1 amide bonds. The minimum Gasteiger partial charge on any atom is -0.410 e. The van der Waals surface area contributed by atoms with Crippen LogP contribution in [0.1, 0.15) is 17.5 Å². The van der Waals surface area contributed by atoms with Crippen LogP contribution in [-0.2, 0) is 16.9 Å². The Morgan fingerprint density at radius 3 is 2.68 bits per heavy atom. The number of hydrogen-bond acceptors (Lipinski definition) is 6. The molecule has 0 bridgehead atoms. The molecule has 1 unspecified atom stereocenters. The first-order chi connectivity index (χ1) is 16.1. The van der Waals surface area contributed by atoms with E-state index in [0.717, 1.165) is 11.8 Å². The summed E-state index contributed by atoms with van der Waals surface area (Å²) in [6.45, 7) is 0.504. The van der Waals surface area contributed by atoms with Gasteiger partial charge in [-0.3, -0.25) is 9.69 Å². The van der Waals surface area contributed by atoms with Gasteiger partial charge < -0.3 is 14.6 Å². The number of amides is 1. The number of rotatable bonds is 3. The molecule has 3 aliphatic rings. The minimum atomic E-state index is -3.41. The number of carbonyl (C=O) groups excluding carboxylic acids is 1. The van der Waals surface area contributed by atoms with Crippen LogP contribution in [0.15, 0.2) is 64.7 Å². The molecule has 0 fully saturated rings. The van der Waals surface area contributed by atoms with Gasteiger partial charge in [0.05, 0.1) is 23.1 Å². The zero-order valence-electron chi connectivity index (χ0n) is 18.5. The smallest absolute Gasteiger partial charge is 0.410 e. The Bertz CT molecular complexity index is 1470. The summed E-state index contributed by atoms with van der Waals surface area (Å²) in [5.41, 5.74) is 3.13. The van der Waals surface area contributed by atoms with E-state index < -0.39 is 27.8 Å². The zero-order valence-corrected chi connectivity index (χ0v) is 19.4. The lowest BCUT2D eigenvalue weighted by Gasteiger charge is -2.30. The summed E-state index contributed by atoms with van der Waals surface area (Å²) < 4.78 is 44.5. The van der Waals surface area contributed by atoms with Crippen LogP contribution in [0, 0.1) is 5.82 Å². The van der Waals surface area contributed by atoms with Gasteiger partial charge in [-0.05, 0) is 59.5 Å². The van der Waals surface area contributed by atoms with Gasteiger partial charge in [-0.2, -0.15) is 0 Å². The highest BCUT2D eigenvalue weighted by Gasteiger charge is 2.41. The van der Waals surface area contributed by atoms with Gasteiger partial charge in [0.25, 0.3) is 5.56 Å². The summed E-state index contributed by atoms with van der Waals surface area (Å²) in [5.74, 6) is -0.495. The molecule has 0 saturated carbocycles. The van der Waals surface area contributed by atoms with Crippen LogP contribution in [0.4, 0.5) is 9.18 Å². The van der Waals surface area contributed by atoms with Crippen LogP contribution < -0.4 is 15.6 Å². The monoisotopic (exact) mass is 483 g/mol. The number of halogens is 1. The van der Waals surface area contributed by atoms with E-state index in [1.807, 2.05) is 0 Å². The number of aromatic nitrogens is 1. The van der Waals surface area contributed by atoms with E-state index in [1.165, 1.54) is 33.7 Å². The second-order valence-corrected chi connectivity index (χ2v) is 10.7. The van der Waals surface area contributed by atoms with Crippen molar-refractivity contribution < 1.29 is 22.3 Å². The number of nitrogens with zero attached hydrogens (tertiary/aromatic N) is 2. The molecule has 176 valence electrons. The van der Waals surface area contributed by atoms with E-state index >= 15 is 0 Å². The van der Waals surface area contributed by atoms with Crippen LogP contribution in [0.2, 0.25) is 0 Å². The quantitative estimate of drug-likeness (QED) is 0.720. The predicted molar refractivity (Wildman–Crippen MR) is 125 cm³/mol. The highest BCUT2D eigenvalue weighted by Crippen LogP contribution is 2.42. The summed E-state index contributed by atoms with van der Waals surface area (Å²) in [7, 11) is -1.77. The van der Waals surface area contributed by atoms with Crippen LogP contribution in [-0.4, -0.2) is 48.6 Å². The van der Waals surface area contributed by atoms with Crippen LogP contribution in [0.3, 0.4) is 0 Å². The van der Waals surface area contributed by atoms with E-state index in [4.69, 9.17) is 4.74 Å². The van der Waals surface area contributed by atoms with Crippen LogP contribution in [0.5, 0.6) is 5.75 Å². The topological polar surface area (TPSA) is 97.7 Å². The van der Waals surface area contributed by atoms with Gasteiger partial charge in [-0.15, -0.1) is 0 Å². The van der Waals surface area contributed by atoms with Crippen molar-refractivity contribution in [3.8, 4) is 5.75 Å². The number of pyridine rings is 1. The Balaban J connectivity index is 1.64. The third-order valence-electron chi connectivity index (χ3n) is 6.09. The summed E-state index contributed by atoms with van der Waals surface area (Å²) in [6.07, 6.45) is 6.03. The largest absolute Gasteiger partial charge is 0.419 e. The molecule has 0 spiro atoms. The zero-order chi connectivity index (χ0) is 24.2. The maximum atomic E-state index is 13.2. The Hall–Kier alpha value is -3.66.